The van der Waals surface area contributed by atoms with Gasteiger partial charge in [-0.3, -0.25) is 0 Å². The highest BCUT2D eigenvalue weighted by molar-refractivity contribution is 5.82. The molecule has 0 saturated heterocycles. The van der Waals surface area contributed by atoms with E-state index < -0.39 is 0 Å². The molecule has 0 N–H and O–H groups in total. The molecule has 0 aliphatic heterocycles. The highest BCUT2D eigenvalue weighted by Crippen LogP contribution is 2.17. The van der Waals surface area contributed by atoms with E-state index in [9.17, 15) is 0 Å². The van der Waals surface area contributed by atoms with Gasteiger partial charge in [-0.2, -0.15) is 0 Å². The van der Waals surface area contributed by atoms with Gasteiger partial charge in [0.15, 0.2) is 0 Å². The molecule has 0 saturated carbocycles. The van der Waals surface area contributed by atoms with Gasteiger partial charge in [0.25, 0.3) is 0 Å². The largest absolute Gasteiger partial charge is 0.0887 e. The molecule has 0 heterocycles. The molecular weight excluding hydrogens is 192 g/mol. The molecule has 0 heteroatoms. The van der Waals surface area contributed by atoms with E-state index in [2.05, 4.69) is 62.4 Å². The van der Waals surface area contributed by atoms with Gasteiger partial charge in [-0.1, -0.05) is 54.1 Å². The maximum atomic E-state index is 2.30. The molecule has 2 rings (SSSR count). The van der Waals surface area contributed by atoms with Crippen LogP contribution in [0.5, 0.6) is 0 Å². The van der Waals surface area contributed by atoms with E-state index in [1.807, 2.05) is 0 Å². The SMILES string of the molecule is C/C=C(\C)CCc1ccc2ccccc2c1. The molecule has 0 fully saturated rings. The fourth-order valence-corrected chi connectivity index (χ4v) is 1.88. The van der Waals surface area contributed by atoms with Gasteiger partial charge in [-0.25, -0.2) is 0 Å². The normalized spacial score (nSPS) is 12.0. The summed E-state index contributed by atoms with van der Waals surface area (Å²) in [5, 5.41) is 2.67. The van der Waals surface area contributed by atoms with Crippen molar-refractivity contribution in [1.82, 2.24) is 0 Å². The van der Waals surface area contributed by atoms with Gasteiger partial charge in [-0.05, 0) is 43.0 Å². The Hall–Kier alpha value is -1.56. The van der Waals surface area contributed by atoms with Crippen molar-refractivity contribution in [3.05, 3.63) is 59.7 Å². The Morgan fingerprint density at radius 2 is 1.81 bits per heavy atom. The van der Waals surface area contributed by atoms with Crippen LogP contribution < -0.4 is 0 Å². The van der Waals surface area contributed by atoms with Crippen LogP contribution in [0.1, 0.15) is 25.8 Å². The second-order valence-corrected chi connectivity index (χ2v) is 4.32. The highest BCUT2D eigenvalue weighted by Gasteiger charge is 1.96. The number of hydrogen-bond donors (Lipinski definition) is 0. The standard InChI is InChI=1S/C16H18/c1-3-13(2)8-9-14-10-11-15-6-4-5-7-16(15)12-14/h3-7,10-12H,8-9H2,1-2H3/b13-3+. The predicted octanol–water partition coefficient (Wildman–Crippen LogP) is 4.74. The van der Waals surface area contributed by atoms with Gasteiger partial charge in [0.1, 0.15) is 0 Å². The molecule has 0 radical (unpaired) electrons. The molecule has 0 aliphatic rings. The number of rotatable bonds is 3. The van der Waals surface area contributed by atoms with E-state index in [0.29, 0.717) is 0 Å². The van der Waals surface area contributed by atoms with Crippen molar-refractivity contribution >= 4 is 10.8 Å². The van der Waals surface area contributed by atoms with Crippen molar-refractivity contribution in [1.29, 1.82) is 0 Å². The topological polar surface area (TPSA) is 0 Å². The Morgan fingerprint density at radius 1 is 1.06 bits per heavy atom. The highest BCUT2D eigenvalue weighted by atomic mass is 14.0. The summed E-state index contributed by atoms with van der Waals surface area (Å²) in [4.78, 5) is 0. The molecule has 0 nitrogen and oxygen atoms in total. The Bertz CT molecular complexity index is 506. The molecule has 2 aromatic carbocycles. The van der Waals surface area contributed by atoms with Crippen molar-refractivity contribution in [3.8, 4) is 0 Å². The second-order valence-electron chi connectivity index (χ2n) is 4.32. The summed E-state index contributed by atoms with van der Waals surface area (Å²) in [5.41, 5.74) is 2.90. The maximum Gasteiger partial charge on any atom is -0.0181 e. The van der Waals surface area contributed by atoms with Crippen LogP contribution >= 0.6 is 0 Å². The molecule has 0 aromatic heterocycles. The van der Waals surface area contributed by atoms with E-state index >= 15 is 0 Å². The number of fused-ring (bicyclic) bond motifs is 1. The van der Waals surface area contributed by atoms with Crippen molar-refractivity contribution < 1.29 is 0 Å². The summed E-state index contributed by atoms with van der Waals surface area (Å²) >= 11 is 0. The third-order valence-corrected chi connectivity index (χ3v) is 3.11. The zero-order valence-electron chi connectivity index (χ0n) is 10.0. The van der Waals surface area contributed by atoms with E-state index in [1.165, 1.54) is 21.9 Å². The lowest BCUT2D eigenvalue weighted by Crippen LogP contribution is -1.86. The minimum absolute atomic E-state index is 1.14. The third kappa shape index (κ3) is 2.52. The average molecular weight is 210 g/mol. The summed E-state index contributed by atoms with van der Waals surface area (Å²) in [5.74, 6) is 0. The molecule has 2 aromatic rings. The minimum atomic E-state index is 1.14. The van der Waals surface area contributed by atoms with Crippen molar-refractivity contribution in [2.75, 3.05) is 0 Å². The van der Waals surface area contributed by atoms with E-state index in [-0.39, 0.29) is 0 Å². The average Bonchev–Trinajstić information content (AvgIpc) is 2.35. The Balaban J connectivity index is 2.20. The Kier molecular flexibility index (Phi) is 3.40. The summed E-state index contributed by atoms with van der Waals surface area (Å²) in [6.07, 6.45) is 4.50. The smallest absolute Gasteiger partial charge is 0.0181 e. The van der Waals surface area contributed by atoms with Crippen LogP contribution in [-0.4, -0.2) is 0 Å². The quantitative estimate of drug-likeness (QED) is 0.642. The van der Waals surface area contributed by atoms with Crippen LogP contribution in [0.3, 0.4) is 0 Å². The first-order valence-electron chi connectivity index (χ1n) is 5.89. The lowest BCUT2D eigenvalue weighted by atomic mass is 10.0. The Morgan fingerprint density at radius 3 is 2.56 bits per heavy atom. The summed E-state index contributed by atoms with van der Waals surface area (Å²) < 4.78 is 0. The first-order valence-corrected chi connectivity index (χ1v) is 5.89. The van der Waals surface area contributed by atoms with Gasteiger partial charge in [0.05, 0.1) is 0 Å². The lowest BCUT2D eigenvalue weighted by molar-refractivity contribution is 0.940. The fraction of sp³-hybridized carbons (Fsp3) is 0.250. The summed E-state index contributed by atoms with van der Waals surface area (Å²) in [6, 6.07) is 15.3. The van der Waals surface area contributed by atoms with Gasteiger partial charge < -0.3 is 0 Å². The number of allylic oxidation sites excluding steroid dienone is 2. The first kappa shape index (κ1) is 10.9. The van der Waals surface area contributed by atoms with Crippen LogP contribution in [0.25, 0.3) is 10.8 Å². The fourth-order valence-electron chi connectivity index (χ4n) is 1.88. The van der Waals surface area contributed by atoms with Crippen molar-refractivity contribution in [3.63, 3.8) is 0 Å². The molecule has 82 valence electrons. The second kappa shape index (κ2) is 4.98. The monoisotopic (exact) mass is 210 g/mol. The van der Waals surface area contributed by atoms with Gasteiger partial charge >= 0.3 is 0 Å². The van der Waals surface area contributed by atoms with Crippen LogP contribution in [0, 0.1) is 0 Å². The zero-order chi connectivity index (χ0) is 11.4. The van der Waals surface area contributed by atoms with E-state index in [4.69, 9.17) is 0 Å². The van der Waals surface area contributed by atoms with Crippen molar-refractivity contribution in [2.45, 2.75) is 26.7 Å². The molecule has 0 spiro atoms. The summed E-state index contributed by atoms with van der Waals surface area (Å²) in [7, 11) is 0. The number of benzene rings is 2. The predicted molar refractivity (Wildman–Crippen MR) is 71.7 cm³/mol. The van der Waals surface area contributed by atoms with Crippen LogP contribution in [0.15, 0.2) is 54.1 Å². The Labute approximate surface area is 97.6 Å². The van der Waals surface area contributed by atoms with Crippen LogP contribution in [0.2, 0.25) is 0 Å². The van der Waals surface area contributed by atoms with Gasteiger partial charge in [0.2, 0.25) is 0 Å². The van der Waals surface area contributed by atoms with Crippen LogP contribution in [0.4, 0.5) is 0 Å². The molecule has 0 atom stereocenters. The molecule has 0 bridgehead atoms. The summed E-state index contributed by atoms with van der Waals surface area (Å²) in [6.45, 7) is 4.30. The number of aryl methyl sites for hydroxylation is 1. The van der Waals surface area contributed by atoms with Gasteiger partial charge in [-0.15, -0.1) is 0 Å². The lowest BCUT2D eigenvalue weighted by Gasteiger charge is -2.04. The van der Waals surface area contributed by atoms with Crippen LogP contribution in [-0.2, 0) is 6.42 Å². The first-order chi connectivity index (χ1) is 7.79. The van der Waals surface area contributed by atoms with Crippen molar-refractivity contribution in [2.24, 2.45) is 0 Å². The molecule has 0 amide bonds. The molecule has 0 aliphatic carbocycles. The number of hydrogen-bond acceptors (Lipinski definition) is 0. The molecule has 16 heavy (non-hydrogen) atoms. The molecule has 0 unspecified atom stereocenters. The molecular formula is C16H18. The minimum Gasteiger partial charge on any atom is -0.0887 e. The van der Waals surface area contributed by atoms with Gasteiger partial charge in [0, 0.05) is 0 Å². The third-order valence-electron chi connectivity index (χ3n) is 3.11. The van der Waals surface area contributed by atoms with E-state index in [1.54, 1.807) is 0 Å². The zero-order valence-corrected chi connectivity index (χ0v) is 10.0. The van der Waals surface area contributed by atoms with E-state index in [0.717, 1.165) is 12.8 Å². The maximum absolute atomic E-state index is 2.30.